The van der Waals surface area contributed by atoms with E-state index in [9.17, 15) is 4.79 Å². The molecule has 0 aliphatic carbocycles. The monoisotopic (exact) mass is 299 g/mol. The van der Waals surface area contributed by atoms with Crippen LogP contribution < -0.4 is 11.1 Å². The van der Waals surface area contributed by atoms with Crippen LogP contribution in [0.15, 0.2) is 33.9 Å². The second-order valence-corrected chi connectivity index (χ2v) is 4.51. The molecule has 0 radical (unpaired) electrons. The Hall–Kier alpha value is -1.56. The fourth-order valence-corrected chi connectivity index (χ4v) is 1.43. The number of nitrogens with two attached hydrogens (primary N) is 1. The molecule has 0 spiro atoms. The summed E-state index contributed by atoms with van der Waals surface area (Å²) in [4.78, 5) is 11.6. The normalized spacial score (nSPS) is 13.2. The van der Waals surface area contributed by atoms with Crippen molar-refractivity contribution in [2.45, 2.75) is 13.5 Å². The fourth-order valence-electron chi connectivity index (χ4n) is 1.17. The minimum Gasteiger partial charge on any atom is -0.409 e. The molecule has 0 aliphatic rings. The molecule has 0 bridgehead atoms. The van der Waals surface area contributed by atoms with Crippen molar-refractivity contribution in [3.05, 3.63) is 34.3 Å². The van der Waals surface area contributed by atoms with Crippen LogP contribution in [0.4, 0.5) is 0 Å². The van der Waals surface area contributed by atoms with Gasteiger partial charge in [-0.3, -0.25) is 4.79 Å². The number of amidine groups is 1. The van der Waals surface area contributed by atoms with Gasteiger partial charge in [0.25, 0.3) is 0 Å². The van der Waals surface area contributed by atoms with Gasteiger partial charge in [-0.05, 0) is 24.6 Å². The van der Waals surface area contributed by atoms with Crippen LogP contribution in [0.2, 0.25) is 0 Å². The molecule has 1 atom stereocenters. The number of nitrogens with one attached hydrogen (secondary N) is 1. The minimum absolute atomic E-state index is 0.0988. The number of nitrogens with zero attached hydrogens (tertiary/aromatic N) is 1. The quantitative estimate of drug-likeness (QED) is 0.340. The Labute approximate surface area is 108 Å². The average Bonchev–Trinajstić information content (AvgIpc) is 2.35. The first-order valence-corrected chi connectivity index (χ1v) is 5.83. The van der Waals surface area contributed by atoms with Crippen LogP contribution >= 0.6 is 15.9 Å². The molecule has 0 aliphatic heterocycles. The van der Waals surface area contributed by atoms with E-state index >= 15 is 0 Å². The number of hydrogen-bond acceptors (Lipinski definition) is 3. The molecule has 92 valence electrons. The zero-order chi connectivity index (χ0) is 12.8. The third-order valence-corrected chi connectivity index (χ3v) is 2.86. The summed E-state index contributed by atoms with van der Waals surface area (Å²) in [5.41, 5.74) is 6.32. The molecule has 1 aromatic rings. The molecule has 1 amide bonds. The number of halogens is 1. The van der Waals surface area contributed by atoms with Gasteiger partial charge in [0.05, 0.1) is 5.92 Å². The van der Waals surface area contributed by atoms with E-state index in [2.05, 4.69) is 26.4 Å². The van der Waals surface area contributed by atoms with E-state index < -0.39 is 5.92 Å². The molecular formula is C11H14BrN3O2. The molecule has 5 nitrogen and oxygen atoms in total. The summed E-state index contributed by atoms with van der Waals surface area (Å²) in [5, 5.41) is 14.0. The molecule has 0 fully saturated rings. The molecule has 6 heteroatoms. The van der Waals surface area contributed by atoms with E-state index in [-0.39, 0.29) is 11.7 Å². The molecule has 1 unspecified atom stereocenters. The lowest BCUT2D eigenvalue weighted by Gasteiger charge is -2.10. The summed E-state index contributed by atoms with van der Waals surface area (Å²) in [5.74, 6) is -1.02. The van der Waals surface area contributed by atoms with Crippen LogP contribution in [-0.4, -0.2) is 17.0 Å². The van der Waals surface area contributed by atoms with E-state index in [1.165, 1.54) is 0 Å². The van der Waals surface area contributed by atoms with E-state index in [1.54, 1.807) is 6.92 Å². The molecule has 0 saturated heterocycles. The van der Waals surface area contributed by atoms with E-state index in [1.807, 2.05) is 24.3 Å². The Balaban J connectivity index is 2.51. The van der Waals surface area contributed by atoms with Gasteiger partial charge in [0.2, 0.25) is 5.91 Å². The van der Waals surface area contributed by atoms with Crippen molar-refractivity contribution in [2.24, 2.45) is 16.8 Å². The van der Waals surface area contributed by atoms with Crippen molar-refractivity contribution < 1.29 is 10.0 Å². The Kier molecular flexibility index (Phi) is 4.96. The van der Waals surface area contributed by atoms with E-state index in [0.29, 0.717) is 6.54 Å². The Bertz CT molecular complexity index is 417. The molecule has 0 aromatic heterocycles. The summed E-state index contributed by atoms with van der Waals surface area (Å²) in [6, 6.07) is 7.60. The summed E-state index contributed by atoms with van der Waals surface area (Å²) >= 11 is 3.33. The van der Waals surface area contributed by atoms with E-state index in [0.717, 1.165) is 10.0 Å². The second kappa shape index (κ2) is 6.24. The van der Waals surface area contributed by atoms with Gasteiger partial charge in [0.1, 0.15) is 0 Å². The number of hydrogen-bond donors (Lipinski definition) is 3. The van der Waals surface area contributed by atoms with Crippen LogP contribution in [0.25, 0.3) is 0 Å². The Morgan fingerprint density at radius 1 is 1.53 bits per heavy atom. The third kappa shape index (κ3) is 4.07. The highest BCUT2D eigenvalue weighted by Crippen LogP contribution is 2.10. The summed E-state index contributed by atoms with van der Waals surface area (Å²) in [7, 11) is 0. The maximum atomic E-state index is 11.6. The van der Waals surface area contributed by atoms with Gasteiger partial charge < -0.3 is 16.3 Å². The SMILES string of the molecule is CC(C(=O)NCc1ccc(Br)cc1)C(N)=NO. The van der Waals surface area contributed by atoms with E-state index in [4.69, 9.17) is 10.9 Å². The number of amides is 1. The first-order valence-electron chi connectivity index (χ1n) is 5.04. The number of oxime groups is 1. The fraction of sp³-hybridized carbons (Fsp3) is 0.273. The highest BCUT2D eigenvalue weighted by atomic mass is 79.9. The zero-order valence-corrected chi connectivity index (χ0v) is 10.9. The standard InChI is InChI=1S/C11H14BrN3O2/c1-7(10(13)15-17)11(16)14-6-8-2-4-9(12)5-3-8/h2-5,7,17H,6H2,1H3,(H2,13,15)(H,14,16). The van der Waals surface area contributed by atoms with Gasteiger partial charge >= 0.3 is 0 Å². The van der Waals surface area contributed by atoms with Crippen molar-refractivity contribution >= 4 is 27.7 Å². The van der Waals surface area contributed by atoms with Crippen LogP contribution in [0.3, 0.4) is 0 Å². The molecular weight excluding hydrogens is 286 g/mol. The van der Waals surface area contributed by atoms with Crippen LogP contribution in [0.1, 0.15) is 12.5 Å². The number of carbonyl (C=O) groups is 1. The zero-order valence-electron chi connectivity index (χ0n) is 9.35. The van der Waals surface area contributed by atoms with Gasteiger partial charge in [-0.1, -0.05) is 33.2 Å². The van der Waals surface area contributed by atoms with Gasteiger partial charge in [-0.15, -0.1) is 0 Å². The molecule has 4 N–H and O–H groups in total. The first kappa shape index (κ1) is 13.5. The lowest BCUT2D eigenvalue weighted by atomic mass is 10.1. The predicted octanol–water partition coefficient (Wildman–Crippen LogP) is 1.45. The molecule has 0 heterocycles. The van der Waals surface area contributed by atoms with Gasteiger partial charge in [0, 0.05) is 11.0 Å². The maximum Gasteiger partial charge on any atom is 0.230 e. The largest absolute Gasteiger partial charge is 0.409 e. The van der Waals surface area contributed by atoms with Gasteiger partial charge in [-0.2, -0.15) is 0 Å². The first-order chi connectivity index (χ1) is 8.04. The van der Waals surface area contributed by atoms with Gasteiger partial charge in [-0.25, -0.2) is 0 Å². The summed E-state index contributed by atoms with van der Waals surface area (Å²) < 4.78 is 0.984. The number of benzene rings is 1. The van der Waals surface area contributed by atoms with Gasteiger partial charge in [0.15, 0.2) is 5.84 Å². The molecule has 0 saturated carbocycles. The smallest absolute Gasteiger partial charge is 0.230 e. The van der Waals surface area contributed by atoms with Crippen molar-refractivity contribution in [1.82, 2.24) is 5.32 Å². The lowest BCUT2D eigenvalue weighted by molar-refractivity contribution is -0.122. The molecule has 1 rings (SSSR count). The number of rotatable bonds is 4. The van der Waals surface area contributed by atoms with Crippen LogP contribution in [0, 0.1) is 5.92 Å². The Morgan fingerprint density at radius 3 is 2.65 bits per heavy atom. The summed E-state index contributed by atoms with van der Waals surface area (Å²) in [6.45, 7) is 1.99. The van der Waals surface area contributed by atoms with Crippen molar-refractivity contribution in [3.8, 4) is 0 Å². The van der Waals surface area contributed by atoms with Crippen LogP contribution in [-0.2, 0) is 11.3 Å². The highest BCUT2D eigenvalue weighted by Gasteiger charge is 2.16. The van der Waals surface area contributed by atoms with Crippen LogP contribution in [0.5, 0.6) is 0 Å². The third-order valence-electron chi connectivity index (χ3n) is 2.33. The van der Waals surface area contributed by atoms with Crippen molar-refractivity contribution in [3.63, 3.8) is 0 Å². The average molecular weight is 300 g/mol. The van der Waals surface area contributed by atoms with Crippen molar-refractivity contribution in [1.29, 1.82) is 0 Å². The second-order valence-electron chi connectivity index (χ2n) is 3.59. The summed E-state index contributed by atoms with van der Waals surface area (Å²) in [6.07, 6.45) is 0. The molecule has 1 aromatic carbocycles. The Morgan fingerprint density at radius 2 is 2.12 bits per heavy atom. The highest BCUT2D eigenvalue weighted by molar-refractivity contribution is 9.10. The molecule has 17 heavy (non-hydrogen) atoms. The lowest BCUT2D eigenvalue weighted by Crippen LogP contribution is -2.36. The predicted molar refractivity (Wildman–Crippen MR) is 68.6 cm³/mol. The minimum atomic E-state index is -0.643. The van der Waals surface area contributed by atoms with Crippen molar-refractivity contribution in [2.75, 3.05) is 0 Å². The maximum absolute atomic E-state index is 11.6. The number of carbonyl (C=O) groups excluding carboxylic acids is 1. The topological polar surface area (TPSA) is 87.7 Å².